The summed E-state index contributed by atoms with van der Waals surface area (Å²) in [7, 11) is 1.56. The molecule has 2 heterocycles. The zero-order chi connectivity index (χ0) is 23.7. The first kappa shape index (κ1) is 22.3. The summed E-state index contributed by atoms with van der Waals surface area (Å²) < 4.78 is 16.4. The average molecular weight is 449 g/mol. The highest BCUT2D eigenvalue weighted by molar-refractivity contribution is 5.50. The third kappa shape index (κ3) is 4.13. The van der Waals surface area contributed by atoms with Gasteiger partial charge >= 0.3 is 5.69 Å². The molecule has 0 saturated heterocycles. The molecule has 0 unspecified atom stereocenters. The van der Waals surface area contributed by atoms with Crippen LogP contribution in [-0.4, -0.2) is 36.2 Å². The van der Waals surface area contributed by atoms with Crippen LogP contribution in [0.2, 0.25) is 0 Å². The summed E-state index contributed by atoms with van der Waals surface area (Å²) in [5.74, 6) is 1.38. The number of benzene rings is 2. The van der Waals surface area contributed by atoms with Crippen LogP contribution in [-0.2, 0) is 13.7 Å². The van der Waals surface area contributed by atoms with Gasteiger partial charge in [0.15, 0.2) is 0 Å². The van der Waals surface area contributed by atoms with E-state index < -0.39 is 0 Å². The molecule has 4 rings (SSSR count). The fourth-order valence-electron chi connectivity index (χ4n) is 3.70. The van der Waals surface area contributed by atoms with Crippen molar-refractivity contribution >= 4 is 0 Å². The molecule has 33 heavy (non-hydrogen) atoms. The molecular weight excluding hydrogens is 420 g/mol. The molecule has 0 aliphatic rings. The molecular formula is C24H28N6O3. The number of rotatable bonds is 7. The minimum Gasteiger partial charge on any atom is -0.493 e. The SMILES string of the molecule is CCOc1cccc(-n2nnn(C)c2=O)c1COc1ccc(-n2nc(C)c(C)c2C)cc1C. The van der Waals surface area contributed by atoms with Crippen LogP contribution in [0.25, 0.3) is 11.4 Å². The van der Waals surface area contributed by atoms with Crippen molar-refractivity contribution in [3.05, 3.63) is 75.0 Å². The zero-order valence-electron chi connectivity index (χ0n) is 19.8. The van der Waals surface area contributed by atoms with Gasteiger partial charge in [0.1, 0.15) is 18.1 Å². The minimum absolute atomic E-state index is 0.202. The van der Waals surface area contributed by atoms with Crippen LogP contribution in [0.3, 0.4) is 0 Å². The minimum atomic E-state index is -0.342. The van der Waals surface area contributed by atoms with Gasteiger partial charge in [-0.15, -0.1) is 0 Å². The van der Waals surface area contributed by atoms with Crippen molar-refractivity contribution in [3.63, 3.8) is 0 Å². The lowest BCUT2D eigenvalue weighted by molar-refractivity contribution is 0.284. The summed E-state index contributed by atoms with van der Waals surface area (Å²) in [5, 5.41) is 12.4. The first-order valence-corrected chi connectivity index (χ1v) is 10.8. The smallest absolute Gasteiger partial charge is 0.368 e. The molecule has 0 saturated carbocycles. The second kappa shape index (κ2) is 8.93. The molecule has 0 amide bonds. The Labute approximate surface area is 192 Å². The van der Waals surface area contributed by atoms with Crippen LogP contribution in [0.1, 0.15) is 35.0 Å². The number of hydrogen-bond donors (Lipinski definition) is 0. The van der Waals surface area contributed by atoms with Gasteiger partial charge in [0.05, 0.1) is 29.2 Å². The van der Waals surface area contributed by atoms with E-state index in [2.05, 4.69) is 35.4 Å². The number of tetrazole rings is 1. The standard InChI is InChI=1S/C24H28N6O3/c1-7-32-23-10-8-9-21(30-24(31)28(6)26-27-30)20(23)14-33-22-12-11-19(13-15(22)2)29-18(5)16(3)17(4)25-29/h8-13H,7,14H2,1-6H3. The Morgan fingerprint density at radius 3 is 2.33 bits per heavy atom. The van der Waals surface area contributed by atoms with Gasteiger partial charge in [-0.2, -0.15) is 14.5 Å². The quantitative estimate of drug-likeness (QED) is 0.431. The maximum absolute atomic E-state index is 12.5. The molecule has 2 aromatic carbocycles. The third-order valence-corrected chi connectivity index (χ3v) is 5.79. The topological polar surface area (TPSA) is 89.0 Å². The highest BCUT2D eigenvalue weighted by atomic mass is 16.5. The maximum Gasteiger partial charge on any atom is 0.368 e. The van der Waals surface area contributed by atoms with E-state index in [1.807, 2.05) is 49.7 Å². The largest absolute Gasteiger partial charge is 0.493 e. The molecule has 0 aliphatic carbocycles. The normalized spacial score (nSPS) is 11.1. The van der Waals surface area contributed by atoms with Gasteiger partial charge in [0, 0.05) is 12.7 Å². The van der Waals surface area contributed by atoms with Crippen molar-refractivity contribution < 1.29 is 9.47 Å². The Morgan fingerprint density at radius 1 is 0.939 bits per heavy atom. The molecule has 0 N–H and O–H groups in total. The number of nitrogens with zero attached hydrogens (tertiary/aromatic N) is 6. The van der Waals surface area contributed by atoms with Crippen molar-refractivity contribution in [2.24, 2.45) is 7.05 Å². The number of ether oxygens (including phenoxy) is 2. The van der Waals surface area contributed by atoms with E-state index in [4.69, 9.17) is 9.47 Å². The third-order valence-electron chi connectivity index (χ3n) is 5.79. The second-order valence-corrected chi connectivity index (χ2v) is 7.93. The second-order valence-electron chi connectivity index (χ2n) is 7.93. The van der Waals surface area contributed by atoms with Crippen molar-refractivity contribution in [1.29, 1.82) is 0 Å². The van der Waals surface area contributed by atoms with E-state index in [1.165, 1.54) is 14.9 Å². The lowest BCUT2D eigenvalue weighted by atomic mass is 10.1. The first-order valence-electron chi connectivity index (χ1n) is 10.8. The fourth-order valence-corrected chi connectivity index (χ4v) is 3.70. The predicted octanol–water partition coefficient (Wildman–Crippen LogP) is 3.36. The Balaban J connectivity index is 1.66. The van der Waals surface area contributed by atoms with Crippen molar-refractivity contribution in [2.45, 2.75) is 41.2 Å². The number of hydrogen-bond acceptors (Lipinski definition) is 6. The van der Waals surface area contributed by atoms with Gasteiger partial charge in [-0.05, 0) is 86.5 Å². The summed E-state index contributed by atoms with van der Waals surface area (Å²) in [6.07, 6.45) is 0. The molecule has 0 fully saturated rings. The fraction of sp³-hybridized carbons (Fsp3) is 0.333. The van der Waals surface area contributed by atoms with Crippen LogP contribution in [0, 0.1) is 27.7 Å². The molecule has 172 valence electrons. The lowest BCUT2D eigenvalue weighted by Crippen LogP contribution is -2.23. The van der Waals surface area contributed by atoms with Crippen LogP contribution in [0.15, 0.2) is 41.2 Å². The number of aromatic nitrogens is 6. The van der Waals surface area contributed by atoms with Crippen LogP contribution in [0.4, 0.5) is 0 Å². The lowest BCUT2D eigenvalue weighted by Gasteiger charge is -2.16. The highest BCUT2D eigenvalue weighted by Crippen LogP contribution is 2.29. The average Bonchev–Trinajstić information content (AvgIpc) is 3.26. The predicted molar refractivity (Wildman–Crippen MR) is 125 cm³/mol. The molecule has 9 heteroatoms. The van der Waals surface area contributed by atoms with Crippen LogP contribution < -0.4 is 15.2 Å². The van der Waals surface area contributed by atoms with Crippen LogP contribution >= 0.6 is 0 Å². The van der Waals surface area contributed by atoms with Crippen molar-refractivity contribution in [3.8, 4) is 22.9 Å². The molecule has 0 atom stereocenters. The zero-order valence-corrected chi connectivity index (χ0v) is 19.8. The molecule has 0 spiro atoms. The van der Waals surface area contributed by atoms with E-state index in [-0.39, 0.29) is 12.3 Å². The van der Waals surface area contributed by atoms with Gasteiger partial charge < -0.3 is 9.47 Å². The highest BCUT2D eigenvalue weighted by Gasteiger charge is 2.17. The van der Waals surface area contributed by atoms with Gasteiger partial charge in [0.2, 0.25) is 0 Å². The van der Waals surface area contributed by atoms with E-state index >= 15 is 0 Å². The Hall–Kier alpha value is -3.88. The van der Waals surface area contributed by atoms with E-state index in [0.29, 0.717) is 18.0 Å². The molecule has 4 aromatic rings. The van der Waals surface area contributed by atoms with Gasteiger partial charge in [-0.3, -0.25) is 0 Å². The van der Waals surface area contributed by atoms with E-state index in [0.717, 1.165) is 34.0 Å². The first-order chi connectivity index (χ1) is 15.8. The van der Waals surface area contributed by atoms with E-state index in [1.54, 1.807) is 13.1 Å². The Morgan fingerprint density at radius 2 is 1.73 bits per heavy atom. The summed E-state index contributed by atoms with van der Waals surface area (Å²) in [5.41, 5.74) is 6.24. The van der Waals surface area contributed by atoms with E-state index in [9.17, 15) is 4.79 Å². The summed E-state index contributed by atoms with van der Waals surface area (Å²) in [4.78, 5) is 12.5. The Kier molecular flexibility index (Phi) is 6.04. The molecule has 9 nitrogen and oxygen atoms in total. The van der Waals surface area contributed by atoms with Gasteiger partial charge in [0.25, 0.3) is 0 Å². The number of aryl methyl sites for hydroxylation is 3. The van der Waals surface area contributed by atoms with Crippen LogP contribution in [0.5, 0.6) is 11.5 Å². The molecule has 0 bridgehead atoms. The Bertz CT molecular complexity index is 1370. The maximum atomic E-state index is 12.5. The van der Waals surface area contributed by atoms with Gasteiger partial charge in [-0.25, -0.2) is 9.48 Å². The van der Waals surface area contributed by atoms with Gasteiger partial charge in [-0.1, -0.05) is 6.07 Å². The molecule has 0 aliphatic heterocycles. The molecule has 0 radical (unpaired) electrons. The summed E-state index contributed by atoms with van der Waals surface area (Å²) >= 11 is 0. The summed E-state index contributed by atoms with van der Waals surface area (Å²) in [6.45, 7) is 10.8. The molecule has 2 aromatic heterocycles. The van der Waals surface area contributed by atoms with Crippen molar-refractivity contribution in [2.75, 3.05) is 6.61 Å². The van der Waals surface area contributed by atoms with Crippen molar-refractivity contribution in [1.82, 2.24) is 29.6 Å². The monoisotopic (exact) mass is 448 g/mol. The summed E-state index contributed by atoms with van der Waals surface area (Å²) in [6, 6.07) is 11.5.